The van der Waals surface area contributed by atoms with Gasteiger partial charge in [-0.3, -0.25) is 9.69 Å². The SMILES string of the molecule is C[C@@H]1CN(Cc2cc3c(c(C(F)(F)F)c2)CN(c2cccc([C@]4(c5nncn5C)C[C@@H](C)C4)c2)C3=O)CCC1(F)F. The second-order valence-corrected chi connectivity index (χ2v) is 12.1. The summed E-state index contributed by atoms with van der Waals surface area (Å²) in [4.78, 5) is 16.8. The topological polar surface area (TPSA) is 54.3 Å². The lowest BCUT2D eigenvalue weighted by molar-refractivity contribution is -0.138. The van der Waals surface area contributed by atoms with E-state index in [1.165, 1.54) is 17.9 Å². The molecule has 0 unspecified atom stereocenters. The van der Waals surface area contributed by atoms with Crippen LogP contribution >= 0.6 is 0 Å². The van der Waals surface area contributed by atoms with Gasteiger partial charge in [-0.05, 0) is 59.7 Å². The summed E-state index contributed by atoms with van der Waals surface area (Å²) in [6.07, 6.45) is -1.67. The van der Waals surface area contributed by atoms with Crippen LogP contribution in [0.4, 0.5) is 27.6 Å². The van der Waals surface area contributed by atoms with Crippen LogP contribution in [0.2, 0.25) is 0 Å². The Bertz CT molecular complexity index is 1490. The molecule has 218 valence electrons. The number of carbonyl (C=O) groups excluding carboxylic acids is 1. The van der Waals surface area contributed by atoms with Gasteiger partial charge in [0.1, 0.15) is 12.2 Å². The van der Waals surface area contributed by atoms with Crippen molar-refractivity contribution in [3.05, 3.63) is 76.4 Å². The summed E-state index contributed by atoms with van der Waals surface area (Å²) in [5.41, 5.74) is 0.472. The molecule has 2 fully saturated rings. The van der Waals surface area contributed by atoms with Crippen LogP contribution in [0, 0.1) is 11.8 Å². The van der Waals surface area contributed by atoms with E-state index in [1.54, 1.807) is 17.3 Å². The number of hydrogen-bond acceptors (Lipinski definition) is 4. The zero-order valence-electron chi connectivity index (χ0n) is 23.2. The van der Waals surface area contributed by atoms with Gasteiger partial charge in [-0.1, -0.05) is 26.0 Å². The second kappa shape index (κ2) is 9.61. The van der Waals surface area contributed by atoms with Crippen LogP contribution in [-0.2, 0) is 31.7 Å². The number of nitrogens with zero attached hydrogens (tertiary/aromatic N) is 5. The summed E-state index contributed by atoms with van der Waals surface area (Å²) in [6.45, 7) is 3.62. The van der Waals surface area contributed by atoms with E-state index in [0.29, 0.717) is 17.2 Å². The van der Waals surface area contributed by atoms with Crippen LogP contribution in [0.25, 0.3) is 0 Å². The van der Waals surface area contributed by atoms with Gasteiger partial charge in [0.05, 0.1) is 17.5 Å². The van der Waals surface area contributed by atoms with Crippen LogP contribution in [0.3, 0.4) is 0 Å². The monoisotopic (exact) mass is 573 g/mol. The molecule has 0 N–H and O–H groups in total. The molecule has 0 spiro atoms. The van der Waals surface area contributed by atoms with Crippen molar-refractivity contribution in [1.82, 2.24) is 19.7 Å². The lowest BCUT2D eigenvalue weighted by atomic mass is 9.58. The summed E-state index contributed by atoms with van der Waals surface area (Å²) in [7, 11) is 1.89. The molecule has 3 aliphatic rings. The molecule has 6 rings (SSSR count). The zero-order chi connectivity index (χ0) is 29.3. The summed E-state index contributed by atoms with van der Waals surface area (Å²) in [6, 6.07) is 9.99. The van der Waals surface area contributed by atoms with Crippen molar-refractivity contribution in [3.63, 3.8) is 0 Å². The number of fused-ring (bicyclic) bond motifs is 1. The maximum atomic E-state index is 14.3. The van der Waals surface area contributed by atoms with Crippen molar-refractivity contribution < 1.29 is 26.7 Å². The molecule has 3 heterocycles. The Morgan fingerprint density at radius 1 is 1.10 bits per heavy atom. The van der Waals surface area contributed by atoms with E-state index in [0.717, 1.165) is 30.3 Å². The predicted octanol–water partition coefficient (Wildman–Crippen LogP) is 6.19. The standard InChI is InChI=1S/C30H32F5N5O/c1-18-12-28(13-18,27-37-36-17-38(27)3)21-5-4-6-22(11-21)40-16-24-23(26(40)41)9-20(10-25(24)30(33,34)35)15-39-8-7-29(31,32)19(2)14-39/h4-6,9-11,17-19H,7-8,12-16H2,1-3H3/t18-,19-,28+/m1/s1. The molecule has 1 amide bonds. The van der Waals surface area contributed by atoms with E-state index in [9.17, 15) is 26.7 Å². The number of aryl methyl sites for hydroxylation is 1. The maximum Gasteiger partial charge on any atom is 0.416 e. The average molecular weight is 574 g/mol. The number of aromatic nitrogens is 3. The van der Waals surface area contributed by atoms with Gasteiger partial charge in [0.25, 0.3) is 11.8 Å². The first-order valence-corrected chi connectivity index (χ1v) is 13.9. The number of carbonyl (C=O) groups is 1. The van der Waals surface area contributed by atoms with Crippen LogP contribution in [0.1, 0.15) is 71.5 Å². The van der Waals surface area contributed by atoms with E-state index in [-0.39, 0.29) is 49.1 Å². The number of likely N-dealkylation sites (tertiary alicyclic amines) is 1. The Morgan fingerprint density at radius 3 is 2.49 bits per heavy atom. The maximum absolute atomic E-state index is 14.3. The first-order chi connectivity index (χ1) is 19.3. The Morgan fingerprint density at radius 2 is 1.85 bits per heavy atom. The Labute approximate surface area is 235 Å². The fourth-order valence-corrected chi connectivity index (χ4v) is 6.95. The largest absolute Gasteiger partial charge is 0.416 e. The van der Waals surface area contributed by atoms with Crippen molar-refractivity contribution >= 4 is 11.6 Å². The van der Waals surface area contributed by atoms with Crippen molar-refractivity contribution in [1.29, 1.82) is 0 Å². The molecule has 1 aliphatic carbocycles. The molecule has 1 saturated carbocycles. The average Bonchev–Trinajstić information content (AvgIpc) is 3.46. The third kappa shape index (κ3) is 4.71. The first-order valence-electron chi connectivity index (χ1n) is 13.9. The molecule has 1 aromatic heterocycles. The van der Waals surface area contributed by atoms with Gasteiger partial charge in [0, 0.05) is 50.3 Å². The molecular formula is C30H32F5N5O. The highest BCUT2D eigenvalue weighted by molar-refractivity contribution is 6.10. The molecule has 1 atom stereocenters. The minimum absolute atomic E-state index is 0.0101. The first kappa shape index (κ1) is 27.8. The third-order valence-corrected chi connectivity index (χ3v) is 9.07. The molecule has 2 aliphatic heterocycles. The molecule has 2 aromatic carbocycles. The lowest BCUT2D eigenvalue weighted by Gasteiger charge is -2.46. The summed E-state index contributed by atoms with van der Waals surface area (Å²) in [5.74, 6) is -2.91. The molecule has 1 saturated heterocycles. The van der Waals surface area contributed by atoms with Gasteiger partial charge in [-0.2, -0.15) is 13.2 Å². The normalized spacial score (nSPS) is 26.2. The van der Waals surface area contributed by atoms with E-state index in [4.69, 9.17) is 0 Å². The fraction of sp³-hybridized carbons (Fsp3) is 0.500. The number of halogens is 5. The molecule has 0 radical (unpaired) electrons. The van der Waals surface area contributed by atoms with Gasteiger partial charge in [0.15, 0.2) is 0 Å². The number of amides is 1. The van der Waals surface area contributed by atoms with Crippen molar-refractivity contribution in [2.24, 2.45) is 18.9 Å². The van der Waals surface area contributed by atoms with Gasteiger partial charge in [-0.25, -0.2) is 8.78 Å². The fourth-order valence-electron chi connectivity index (χ4n) is 6.95. The summed E-state index contributed by atoms with van der Waals surface area (Å²) in [5, 5.41) is 8.42. The van der Waals surface area contributed by atoms with Crippen molar-refractivity contribution in [3.8, 4) is 0 Å². The molecule has 41 heavy (non-hydrogen) atoms. The minimum Gasteiger partial charge on any atom is -0.320 e. The summed E-state index contributed by atoms with van der Waals surface area (Å²) >= 11 is 0. The van der Waals surface area contributed by atoms with Crippen molar-refractivity contribution in [2.45, 2.75) is 63.7 Å². The Kier molecular flexibility index (Phi) is 6.52. The zero-order valence-corrected chi connectivity index (χ0v) is 23.2. The Balaban J connectivity index is 1.32. The number of alkyl halides is 5. The minimum atomic E-state index is -4.67. The van der Waals surface area contributed by atoms with E-state index >= 15 is 0 Å². The third-order valence-electron chi connectivity index (χ3n) is 9.07. The number of hydrogen-bond donors (Lipinski definition) is 0. The van der Waals surface area contributed by atoms with Gasteiger partial charge in [-0.15, -0.1) is 10.2 Å². The molecule has 3 aromatic rings. The highest BCUT2D eigenvalue weighted by Crippen LogP contribution is 2.52. The quantitative estimate of drug-likeness (QED) is 0.342. The molecule has 6 nitrogen and oxygen atoms in total. The second-order valence-electron chi connectivity index (χ2n) is 12.1. The predicted molar refractivity (Wildman–Crippen MR) is 143 cm³/mol. The van der Waals surface area contributed by atoms with E-state index < -0.39 is 29.5 Å². The van der Waals surface area contributed by atoms with Crippen molar-refractivity contribution in [2.75, 3.05) is 18.0 Å². The molecule has 11 heteroatoms. The number of anilines is 1. The lowest BCUT2D eigenvalue weighted by Crippen LogP contribution is -2.45. The van der Waals surface area contributed by atoms with Crippen LogP contribution in [-0.4, -0.2) is 44.6 Å². The van der Waals surface area contributed by atoms with Crippen LogP contribution in [0.15, 0.2) is 42.7 Å². The van der Waals surface area contributed by atoms with Crippen LogP contribution < -0.4 is 4.90 Å². The molecular weight excluding hydrogens is 541 g/mol. The van der Waals surface area contributed by atoms with Gasteiger partial charge >= 0.3 is 6.18 Å². The van der Waals surface area contributed by atoms with Gasteiger partial charge < -0.3 is 9.47 Å². The van der Waals surface area contributed by atoms with Crippen LogP contribution in [0.5, 0.6) is 0 Å². The molecule has 0 bridgehead atoms. The van der Waals surface area contributed by atoms with Gasteiger partial charge in [0.2, 0.25) is 0 Å². The number of piperidine rings is 1. The highest BCUT2D eigenvalue weighted by Gasteiger charge is 2.49. The number of rotatable bonds is 5. The Hall–Kier alpha value is -3.34. The smallest absolute Gasteiger partial charge is 0.320 e. The number of benzene rings is 2. The summed E-state index contributed by atoms with van der Waals surface area (Å²) < 4.78 is 72.7. The van der Waals surface area contributed by atoms with E-state index in [1.807, 2.05) is 29.8 Å². The van der Waals surface area contributed by atoms with E-state index in [2.05, 4.69) is 17.1 Å². The highest BCUT2D eigenvalue weighted by atomic mass is 19.4.